The predicted molar refractivity (Wildman–Crippen MR) is 123 cm³/mol. The highest BCUT2D eigenvalue weighted by Gasteiger charge is 2.39. The number of aromatic nitrogens is 3. The number of benzene rings is 3. The monoisotopic (exact) mass is 459 g/mol. The molecule has 1 amide bonds. The van der Waals surface area contributed by atoms with E-state index in [-0.39, 0.29) is 29.2 Å². The minimum absolute atomic E-state index is 0.144. The maximum absolute atomic E-state index is 13.7. The number of nitro benzene ring substituents is 1. The number of carbonyl (C=O) groups is 1. The summed E-state index contributed by atoms with van der Waals surface area (Å²) in [6, 6.07) is 22.4. The average molecular weight is 460 g/mol. The van der Waals surface area contributed by atoms with E-state index in [9.17, 15) is 14.9 Å². The molecule has 0 aliphatic carbocycles. The maximum atomic E-state index is 13.7. The quantitative estimate of drug-likeness (QED) is 0.308. The van der Waals surface area contributed by atoms with Crippen molar-refractivity contribution in [2.24, 2.45) is 0 Å². The Morgan fingerprint density at radius 3 is 2.42 bits per heavy atom. The first-order valence-corrected chi connectivity index (χ1v) is 10.7. The van der Waals surface area contributed by atoms with Crippen LogP contribution in [0, 0.1) is 10.1 Å². The molecule has 164 valence electrons. The number of nitrogens with zero attached hydrogens (tertiary/aromatic N) is 5. The molecule has 0 unspecified atom stereocenters. The second-order valence-corrected chi connectivity index (χ2v) is 8.15. The van der Waals surface area contributed by atoms with Crippen LogP contribution in [-0.4, -0.2) is 25.6 Å². The lowest BCUT2D eigenvalue weighted by molar-refractivity contribution is -0.384. The second-order valence-electron chi connectivity index (χ2n) is 7.72. The largest absolute Gasteiger partial charge is 0.270 e. The Bertz CT molecular complexity index is 1320. The van der Waals surface area contributed by atoms with Gasteiger partial charge in [-0.1, -0.05) is 60.1 Å². The number of amides is 1. The summed E-state index contributed by atoms with van der Waals surface area (Å²) in [5.74, 6) is 0.00270. The normalized spacial score (nSPS) is 17.4. The summed E-state index contributed by atoms with van der Waals surface area (Å²) in [6.45, 7) is 0. The van der Waals surface area contributed by atoms with E-state index in [0.717, 1.165) is 11.1 Å². The van der Waals surface area contributed by atoms with Gasteiger partial charge in [0.15, 0.2) is 0 Å². The molecule has 0 N–H and O–H groups in total. The first kappa shape index (κ1) is 20.8. The fourth-order valence-corrected chi connectivity index (χ4v) is 4.36. The highest BCUT2D eigenvalue weighted by Crippen LogP contribution is 2.42. The van der Waals surface area contributed by atoms with E-state index in [1.165, 1.54) is 24.5 Å². The van der Waals surface area contributed by atoms with Crippen molar-refractivity contribution in [3.05, 3.63) is 117 Å². The SMILES string of the molecule is O=C(c1cccc([N+](=O)[O-])c1)N1c2ncnn2[C@H](c2ccc(Cl)cc2)C[C@H]1c1ccccc1. The first-order chi connectivity index (χ1) is 16.0. The Morgan fingerprint density at radius 2 is 1.70 bits per heavy atom. The molecule has 2 atom stereocenters. The van der Waals surface area contributed by atoms with Crippen LogP contribution in [0.1, 0.15) is 40.0 Å². The fraction of sp³-hybridized carbons (Fsp3) is 0.125. The van der Waals surface area contributed by atoms with Crippen LogP contribution in [0.5, 0.6) is 0 Å². The van der Waals surface area contributed by atoms with Gasteiger partial charge in [0.25, 0.3) is 11.6 Å². The summed E-state index contributed by atoms with van der Waals surface area (Å²) >= 11 is 6.09. The molecule has 0 spiro atoms. The molecular formula is C24H18ClN5O3. The Kier molecular flexibility index (Phi) is 5.35. The van der Waals surface area contributed by atoms with Gasteiger partial charge in [-0.2, -0.15) is 10.1 Å². The van der Waals surface area contributed by atoms with Gasteiger partial charge in [0.2, 0.25) is 5.95 Å². The third kappa shape index (κ3) is 3.85. The van der Waals surface area contributed by atoms with Crippen LogP contribution in [0.4, 0.5) is 11.6 Å². The average Bonchev–Trinajstić information content (AvgIpc) is 3.34. The fourth-order valence-electron chi connectivity index (χ4n) is 4.24. The molecule has 1 aliphatic heterocycles. The summed E-state index contributed by atoms with van der Waals surface area (Å²) in [4.78, 5) is 30.4. The molecule has 33 heavy (non-hydrogen) atoms. The maximum Gasteiger partial charge on any atom is 0.270 e. The third-order valence-electron chi connectivity index (χ3n) is 5.78. The van der Waals surface area contributed by atoms with E-state index in [4.69, 9.17) is 11.6 Å². The Balaban J connectivity index is 1.64. The van der Waals surface area contributed by atoms with Gasteiger partial charge in [0.1, 0.15) is 6.33 Å². The lowest BCUT2D eigenvalue weighted by Gasteiger charge is -2.39. The van der Waals surface area contributed by atoms with Crippen LogP contribution in [0.3, 0.4) is 0 Å². The van der Waals surface area contributed by atoms with Crippen molar-refractivity contribution in [2.75, 3.05) is 4.90 Å². The summed E-state index contributed by atoms with van der Waals surface area (Å²) < 4.78 is 1.72. The van der Waals surface area contributed by atoms with Gasteiger partial charge < -0.3 is 0 Å². The van der Waals surface area contributed by atoms with Gasteiger partial charge in [-0.3, -0.25) is 19.8 Å². The van der Waals surface area contributed by atoms with Crippen LogP contribution < -0.4 is 4.90 Å². The first-order valence-electron chi connectivity index (χ1n) is 10.3. The Labute approximate surface area is 194 Å². The zero-order chi connectivity index (χ0) is 22.9. The highest BCUT2D eigenvalue weighted by molar-refractivity contribution is 6.30. The van der Waals surface area contributed by atoms with Crippen LogP contribution in [0.15, 0.2) is 85.2 Å². The predicted octanol–water partition coefficient (Wildman–Crippen LogP) is 5.22. The van der Waals surface area contributed by atoms with Crippen molar-refractivity contribution < 1.29 is 9.72 Å². The van der Waals surface area contributed by atoms with E-state index in [2.05, 4.69) is 10.1 Å². The molecule has 5 rings (SSSR count). The van der Waals surface area contributed by atoms with Gasteiger partial charge in [-0.05, 0) is 35.7 Å². The number of hydrogen-bond acceptors (Lipinski definition) is 5. The summed E-state index contributed by atoms with van der Waals surface area (Å²) in [6.07, 6.45) is 1.96. The second kappa shape index (κ2) is 8.48. The van der Waals surface area contributed by atoms with Crippen LogP contribution in [0.2, 0.25) is 5.02 Å². The topological polar surface area (TPSA) is 94.2 Å². The summed E-state index contributed by atoms with van der Waals surface area (Å²) in [5.41, 5.74) is 2.00. The van der Waals surface area contributed by atoms with Gasteiger partial charge >= 0.3 is 0 Å². The van der Waals surface area contributed by atoms with Crippen molar-refractivity contribution in [1.82, 2.24) is 14.8 Å². The van der Waals surface area contributed by atoms with Crippen molar-refractivity contribution in [2.45, 2.75) is 18.5 Å². The molecule has 0 saturated carbocycles. The molecule has 4 aromatic rings. The molecule has 0 saturated heterocycles. The molecular weight excluding hydrogens is 442 g/mol. The van der Waals surface area contributed by atoms with E-state index in [1.807, 2.05) is 54.6 Å². The van der Waals surface area contributed by atoms with Crippen LogP contribution in [-0.2, 0) is 0 Å². The Hall–Kier alpha value is -4.04. The zero-order valence-corrected chi connectivity index (χ0v) is 18.0. The van der Waals surface area contributed by atoms with Crippen LogP contribution >= 0.6 is 11.6 Å². The highest BCUT2D eigenvalue weighted by atomic mass is 35.5. The van der Waals surface area contributed by atoms with Crippen molar-refractivity contribution >= 4 is 29.1 Å². The Morgan fingerprint density at radius 1 is 0.970 bits per heavy atom. The van der Waals surface area contributed by atoms with E-state index in [0.29, 0.717) is 17.4 Å². The minimum atomic E-state index is -0.513. The van der Waals surface area contributed by atoms with Gasteiger partial charge in [0.05, 0.1) is 17.0 Å². The number of carbonyl (C=O) groups excluding carboxylic acids is 1. The molecule has 1 aromatic heterocycles. The van der Waals surface area contributed by atoms with E-state index >= 15 is 0 Å². The standard InChI is InChI=1S/C24H18ClN5O3/c25-19-11-9-17(10-12-19)22-14-21(16-5-2-1-3-6-16)28(24-26-15-27-29(22)24)23(31)18-7-4-8-20(13-18)30(32)33/h1-13,15,21-22H,14H2/t21-,22-/m0/s1. The zero-order valence-electron chi connectivity index (χ0n) is 17.3. The number of fused-ring (bicyclic) bond motifs is 1. The smallest absolute Gasteiger partial charge is 0.269 e. The third-order valence-corrected chi connectivity index (χ3v) is 6.04. The molecule has 0 fully saturated rings. The molecule has 0 radical (unpaired) electrons. The van der Waals surface area contributed by atoms with Crippen molar-refractivity contribution in [3.63, 3.8) is 0 Å². The van der Waals surface area contributed by atoms with Crippen molar-refractivity contribution in [1.29, 1.82) is 0 Å². The number of non-ortho nitro benzene ring substituents is 1. The van der Waals surface area contributed by atoms with Crippen LogP contribution in [0.25, 0.3) is 0 Å². The summed E-state index contributed by atoms with van der Waals surface area (Å²) in [5, 5.41) is 16.3. The van der Waals surface area contributed by atoms with Gasteiger partial charge in [0, 0.05) is 22.7 Å². The van der Waals surface area contributed by atoms with E-state index < -0.39 is 4.92 Å². The molecule has 8 nitrogen and oxygen atoms in total. The molecule has 0 bridgehead atoms. The molecule has 2 heterocycles. The number of hydrogen-bond donors (Lipinski definition) is 0. The summed E-state index contributed by atoms with van der Waals surface area (Å²) in [7, 11) is 0. The minimum Gasteiger partial charge on any atom is -0.269 e. The van der Waals surface area contributed by atoms with E-state index in [1.54, 1.807) is 15.6 Å². The number of rotatable bonds is 4. The van der Waals surface area contributed by atoms with Gasteiger partial charge in [-0.15, -0.1) is 0 Å². The molecule has 1 aliphatic rings. The van der Waals surface area contributed by atoms with Crippen molar-refractivity contribution in [3.8, 4) is 0 Å². The molecule has 9 heteroatoms. The number of anilines is 1. The lowest BCUT2D eigenvalue weighted by atomic mass is 9.91. The lowest BCUT2D eigenvalue weighted by Crippen LogP contribution is -2.42. The number of halogens is 1. The van der Waals surface area contributed by atoms with Gasteiger partial charge in [-0.25, -0.2) is 4.68 Å². The number of nitro groups is 1. The molecule has 3 aromatic carbocycles.